The van der Waals surface area contributed by atoms with Crippen molar-refractivity contribution in [1.29, 1.82) is 0 Å². The van der Waals surface area contributed by atoms with E-state index in [1.165, 1.54) is 0 Å². The molecule has 0 saturated carbocycles. The number of carbonyl (C=O) groups excluding carboxylic acids is 1. The molecule has 1 aliphatic heterocycles. The fraction of sp³-hybridized carbons (Fsp3) is 0.107. The first-order chi connectivity index (χ1) is 16.1. The number of nitrogens with zero attached hydrogens (tertiary/aromatic N) is 1. The third-order valence-electron chi connectivity index (χ3n) is 6.10. The summed E-state index contributed by atoms with van der Waals surface area (Å²) in [6.45, 7) is 0.364. The summed E-state index contributed by atoms with van der Waals surface area (Å²) in [5.41, 5.74) is 2.26. The number of hydrogen-bond donors (Lipinski definition) is 0. The minimum absolute atomic E-state index is 0.146. The predicted octanol–water partition coefficient (Wildman–Crippen LogP) is 5.36. The molecule has 0 radical (unpaired) electrons. The van der Waals surface area contributed by atoms with Crippen LogP contribution in [0.5, 0.6) is 5.75 Å². The second-order valence-electron chi connectivity index (χ2n) is 8.11. The number of rotatable bonds is 6. The van der Waals surface area contributed by atoms with Crippen molar-refractivity contribution in [2.24, 2.45) is 0 Å². The Morgan fingerprint density at radius 2 is 1.30 bits per heavy atom. The molecule has 0 fully saturated rings. The molecule has 1 amide bonds. The van der Waals surface area contributed by atoms with Crippen LogP contribution in [0.3, 0.4) is 0 Å². The highest BCUT2D eigenvalue weighted by molar-refractivity contribution is 7.79. The minimum atomic E-state index is -3.30. The molecule has 0 N–H and O–H groups in total. The number of benzene rings is 4. The van der Waals surface area contributed by atoms with Crippen LogP contribution in [0.25, 0.3) is 0 Å². The molecule has 4 nitrogen and oxygen atoms in total. The van der Waals surface area contributed by atoms with Crippen molar-refractivity contribution in [3.63, 3.8) is 0 Å². The van der Waals surface area contributed by atoms with Crippen LogP contribution in [0.4, 0.5) is 0 Å². The summed E-state index contributed by atoms with van der Waals surface area (Å²) < 4.78 is 21.3. The van der Waals surface area contributed by atoms with Crippen molar-refractivity contribution in [1.82, 2.24) is 4.90 Å². The van der Waals surface area contributed by atoms with Crippen LogP contribution in [0, 0.1) is 0 Å². The van der Waals surface area contributed by atoms with E-state index in [-0.39, 0.29) is 5.91 Å². The predicted molar refractivity (Wildman–Crippen MR) is 132 cm³/mol. The first-order valence-corrected chi connectivity index (χ1v) is 12.7. The molecular formula is C28H24NO3P. The quantitative estimate of drug-likeness (QED) is 0.369. The highest BCUT2D eigenvalue weighted by Crippen LogP contribution is 2.62. The summed E-state index contributed by atoms with van der Waals surface area (Å²) in [4.78, 5) is 14.9. The maximum absolute atomic E-state index is 15.1. The van der Waals surface area contributed by atoms with Crippen molar-refractivity contribution >= 4 is 23.7 Å². The van der Waals surface area contributed by atoms with Crippen molar-refractivity contribution in [2.45, 2.75) is 12.4 Å². The van der Waals surface area contributed by atoms with Gasteiger partial charge in [0.25, 0.3) is 5.91 Å². The SMILES string of the molecule is CN1C(=O)c2cccc(OCc3ccccc3)c2C1P(=O)(c1ccccc1)c1ccccc1. The molecule has 5 heteroatoms. The van der Waals surface area contributed by atoms with Crippen LogP contribution >= 0.6 is 7.14 Å². The molecule has 5 rings (SSSR count). The highest BCUT2D eigenvalue weighted by Gasteiger charge is 2.49. The molecule has 1 unspecified atom stereocenters. The fourth-order valence-electron chi connectivity index (χ4n) is 4.51. The Labute approximate surface area is 193 Å². The van der Waals surface area contributed by atoms with E-state index >= 15 is 4.57 Å². The molecule has 1 atom stereocenters. The second kappa shape index (κ2) is 8.73. The van der Waals surface area contributed by atoms with Gasteiger partial charge in [0.2, 0.25) is 0 Å². The van der Waals surface area contributed by atoms with Gasteiger partial charge in [0, 0.05) is 28.8 Å². The van der Waals surface area contributed by atoms with Crippen LogP contribution in [-0.2, 0) is 11.2 Å². The number of hydrogen-bond acceptors (Lipinski definition) is 3. The van der Waals surface area contributed by atoms with Gasteiger partial charge in [0.05, 0.1) is 0 Å². The van der Waals surface area contributed by atoms with E-state index < -0.39 is 12.9 Å². The summed E-state index contributed by atoms with van der Waals surface area (Å²) in [5.74, 6) is -0.213. The Bertz CT molecular complexity index is 1280. The van der Waals surface area contributed by atoms with E-state index in [0.717, 1.165) is 5.56 Å². The van der Waals surface area contributed by atoms with Crippen molar-refractivity contribution < 1.29 is 14.1 Å². The maximum Gasteiger partial charge on any atom is 0.255 e. The Hall–Kier alpha value is -3.62. The van der Waals surface area contributed by atoms with Crippen LogP contribution in [0.15, 0.2) is 109 Å². The van der Waals surface area contributed by atoms with Crippen LogP contribution in [0.1, 0.15) is 27.3 Å². The van der Waals surface area contributed by atoms with E-state index in [9.17, 15) is 4.79 Å². The number of ether oxygens (including phenoxy) is 1. The van der Waals surface area contributed by atoms with Crippen LogP contribution in [-0.4, -0.2) is 17.9 Å². The van der Waals surface area contributed by atoms with Crippen molar-refractivity contribution in [3.05, 3.63) is 126 Å². The average Bonchev–Trinajstić information content (AvgIpc) is 3.15. The Balaban J connectivity index is 1.67. The lowest BCUT2D eigenvalue weighted by Gasteiger charge is -2.31. The van der Waals surface area contributed by atoms with E-state index in [1.54, 1.807) is 18.0 Å². The smallest absolute Gasteiger partial charge is 0.255 e. The van der Waals surface area contributed by atoms with Gasteiger partial charge in [-0.3, -0.25) is 4.79 Å². The summed E-state index contributed by atoms with van der Waals surface area (Å²) in [5, 5.41) is 1.43. The zero-order chi connectivity index (χ0) is 22.8. The normalized spacial score (nSPS) is 15.4. The van der Waals surface area contributed by atoms with Crippen LogP contribution in [0.2, 0.25) is 0 Å². The van der Waals surface area contributed by atoms with E-state index in [4.69, 9.17) is 4.74 Å². The molecule has 4 aromatic rings. The summed E-state index contributed by atoms with van der Waals surface area (Å²) in [6, 6.07) is 34.3. The van der Waals surface area contributed by atoms with Gasteiger partial charge in [-0.15, -0.1) is 0 Å². The molecule has 1 heterocycles. The van der Waals surface area contributed by atoms with E-state index in [2.05, 4.69) is 0 Å². The van der Waals surface area contributed by atoms with Gasteiger partial charge < -0.3 is 14.2 Å². The zero-order valence-corrected chi connectivity index (χ0v) is 19.2. The van der Waals surface area contributed by atoms with Gasteiger partial charge in [-0.1, -0.05) is 97.1 Å². The lowest BCUT2D eigenvalue weighted by Crippen LogP contribution is -2.30. The lowest BCUT2D eigenvalue weighted by atomic mass is 10.1. The van der Waals surface area contributed by atoms with Gasteiger partial charge in [0.1, 0.15) is 18.1 Å². The monoisotopic (exact) mass is 453 g/mol. The first-order valence-electron chi connectivity index (χ1n) is 10.9. The number of fused-ring (bicyclic) bond motifs is 1. The van der Waals surface area contributed by atoms with E-state index in [0.29, 0.717) is 34.1 Å². The lowest BCUT2D eigenvalue weighted by molar-refractivity contribution is 0.0808. The largest absolute Gasteiger partial charge is 0.489 e. The summed E-state index contributed by atoms with van der Waals surface area (Å²) >= 11 is 0. The molecule has 1 aliphatic rings. The van der Waals surface area contributed by atoms with Gasteiger partial charge in [-0.2, -0.15) is 0 Å². The van der Waals surface area contributed by atoms with E-state index in [1.807, 2.05) is 103 Å². The second-order valence-corrected chi connectivity index (χ2v) is 10.9. The van der Waals surface area contributed by atoms with Gasteiger partial charge in [-0.25, -0.2) is 0 Å². The van der Waals surface area contributed by atoms with Gasteiger partial charge >= 0.3 is 0 Å². The molecule has 0 saturated heterocycles. The molecular weight excluding hydrogens is 429 g/mol. The van der Waals surface area contributed by atoms with Crippen LogP contribution < -0.4 is 15.3 Å². The third-order valence-corrected chi connectivity index (χ3v) is 9.53. The molecule has 33 heavy (non-hydrogen) atoms. The zero-order valence-electron chi connectivity index (χ0n) is 18.3. The van der Waals surface area contributed by atoms with Gasteiger partial charge in [0.15, 0.2) is 7.14 Å². The third kappa shape index (κ3) is 3.67. The molecule has 0 bridgehead atoms. The number of carbonyl (C=O) groups is 1. The van der Waals surface area contributed by atoms with Gasteiger partial charge in [-0.05, 0) is 17.7 Å². The Kier molecular flexibility index (Phi) is 5.62. The Morgan fingerprint density at radius 3 is 1.88 bits per heavy atom. The Morgan fingerprint density at radius 1 is 0.758 bits per heavy atom. The summed E-state index contributed by atoms with van der Waals surface area (Å²) in [7, 11) is -1.57. The van der Waals surface area contributed by atoms with Crippen molar-refractivity contribution in [2.75, 3.05) is 7.05 Å². The average molecular weight is 453 g/mol. The summed E-state index contributed by atoms with van der Waals surface area (Å²) in [6.07, 6.45) is 0. The topological polar surface area (TPSA) is 46.6 Å². The highest BCUT2D eigenvalue weighted by atomic mass is 31.2. The molecule has 0 aliphatic carbocycles. The minimum Gasteiger partial charge on any atom is -0.489 e. The molecule has 4 aromatic carbocycles. The molecule has 0 spiro atoms. The fourth-order valence-corrected chi connectivity index (χ4v) is 7.82. The molecule has 0 aromatic heterocycles. The first kappa shape index (κ1) is 21.2. The van der Waals surface area contributed by atoms with Crippen molar-refractivity contribution in [3.8, 4) is 5.75 Å². The maximum atomic E-state index is 15.1. The standard InChI is InChI=1S/C28H24NO3P/c1-29-27(30)24-18-11-19-25(32-20-21-12-5-2-6-13-21)26(24)28(29)33(31,22-14-7-3-8-15-22)23-16-9-4-10-17-23/h2-19,28H,20H2,1H3. The molecule has 164 valence electrons. The number of amides is 1.